The van der Waals surface area contributed by atoms with E-state index in [9.17, 15) is 18.3 Å². The van der Waals surface area contributed by atoms with Gasteiger partial charge in [0, 0.05) is 32.6 Å². The van der Waals surface area contributed by atoms with Crippen LogP contribution in [0.2, 0.25) is 0 Å². The number of carbonyl (C=O) groups is 1. The van der Waals surface area contributed by atoms with E-state index in [4.69, 9.17) is 4.74 Å². The van der Waals surface area contributed by atoms with Crippen LogP contribution in [0, 0.1) is 5.92 Å². The summed E-state index contributed by atoms with van der Waals surface area (Å²) in [5.41, 5.74) is -1.06. The van der Waals surface area contributed by atoms with Crippen molar-refractivity contribution in [1.29, 1.82) is 0 Å². The molecule has 0 radical (unpaired) electrons. The molecule has 2 N–H and O–H groups in total. The average molecular weight is 321 g/mol. The third-order valence-corrected chi connectivity index (χ3v) is 6.29. The molecule has 21 heavy (non-hydrogen) atoms. The molecule has 0 spiro atoms. The van der Waals surface area contributed by atoms with E-state index in [1.807, 2.05) is 0 Å². The Balaban J connectivity index is 1.99. The first-order valence-corrected chi connectivity index (χ1v) is 8.79. The van der Waals surface area contributed by atoms with E-state index in [2.05, 4.69) is 9.46 Å². The topological polar surface area (TPSA) is 102 Å². The minimum Gasteiger partial charge on any atom is -0.469 e. The molecule has 7 nitrogen and oxygen atoms in total. The summed E-state index contributed by atoms with van der Waals surface area (Å²) in [6.45, 7) is 0.808. The van der Waals surface area contributed by atoms with Crippen molar-refractivity contribution >= 4 is 16.0 Å². The lowest BCUT2D eigenvalue weighted by molar-refractivity contribution is -0.145. The molecule has 2 unspecified atom stereocenters. The number of methoxy groups -OCH3 is 1. The third-order valence-electron chi connectivity index (χ3n) is 4.38. The Morgan fingerprint density at radius 1 is 1.38 bits per heavy atom. The molecule has 0 aromatic rings. The molecule has 0 amide bonds. The van der Waals surface area contributed by atoms with Crippen molar-refractivity contribution in [3.8, 4) is 0 Å². The highest BCUT2D eigenvalue weighted by Crippen LogP contribution is 2.32. The van der Waals surface area contributed by atoms with Gasteiger partial charge in [-0.3, -0.25) is 4.79 Å². The number of nitrogens with one attached hydrogen (secondary N) is 1. The van der Waals surface area contributed by atoms with Gasteiger partial charge in [0.15, 0.2) is 0 Å². The van der Waals surface area contributed by atoms with Crippen molar-refractivity contribution < 1.29 is 27.8 Å². The zero-order valence-corrected chi connectivity index (χ0v) is 13.0. The molecule has 2 aliphatic rings. The normalized spacial score (nSPS) is 29.2. The lowest BCUT2D eigenvalue weighted by Gasteiger charge is -2.32. The van der Waals surface area contributed by atoms with Crippen LogP contribution in [-0.2, 0) is 24.3 Å². The molecule has 1 saturated carbocycles. The number of rotatable bonds is 5. The lowest BCUT2D eigenvalue weighted by Crippen LogP contribution is -2.49. The molecule has 8 heteroatoms. The van der Waals surface area contributed by atoms with Crippen molar-refractivity contribution in [1.82, 2.24) is 4.72 Å². The van der Waals surface area contributed by atoms with E-state index in [0.29, 0.717) is 45.3 Å². The second kappa shape index (κ2) is 6.60. The molecular formula is C13H23NO6S. The van der Waals surface area contributed by atoms with Crippen LogP contribution in [0.25, 0.3) is 0 Å². The van der Waals surface area contributed by atoms with Gasteiger partial charge in [0.25, 0.3) is 0 Å². The Kier molecular flexibility index (Phi) is 5.24. The smallest absolute Gasteiger partial charge is 0.310 e. The molecule has 1 heterocycles. The number of esters is 1. The summed E-state index contributed by atoms with van der Waals surface area (Å²) in [5, 5.41) is 9.53. The Hall–Kier alpha value is -0.700. The third kappa shape index (κ3) is 3.94. The predicted octanol–water partition coefficient (Wildman–Crippen LogP) is -0.211. The second-order valence-corrected chi connectivity index (χ2v) is 7.79. The molecule has 1 aliphatic heterocycles. The fraction of sp³-hybridized carbons (Fsp3) is 0.923. The summed E-state index contributed by atoms with van der Waals surface area (Å²) < 4.78 is 37.1. The largest absolute Gasteiger partial charge is 0.469 e. The molecule has 122 valence electrons. The number of sulfonamides is 1. The van der Waals surface area contributed by atoms with Gasteiger partial charge >= 0.3 is 5.97 Å². The Morgan fingerprint density at radius 2 is 2.05 bits per heavy atom. The quantitative estimate of drug-likeness (QED) is 0.679. The van der Waals surface area contributed by atoms with E-state index in [-0.39, 0.29) is 6.54 Å². The van der Waals surface area contributed by atoms with Gasteiger partial charge in [-0.05, 0) is 12.8 Å². The van der Waals surface area contributed by atoms with Crippen LogP contribution >= 0.6 is 0 Å². The van der Waals surface area contributed by atoms with Gasteiger partial charge in [0.2, 0.25) is 10.0 Å². The molecule has 2 fully saturated rings. The number of hydrogen-bond donors (Lipinski definition) is 2. The van der Waals surface area contributed by atoms with Gasteiger partial charge in [0.05, 0.1) is 23.9 Å². The SMILES string of the molecule is COC(=O)C1CCCC1S(=O)(=O)NCC1(O)CCOCC1. The van der Waals surface area contributed by atoms with Crippen LogP contribution in [0.4, 0.5) is 0 Å². The molecular weight excluding hydrogens is 298 g/mol. The number of ether oxygens (including phenoxy) is 2. The average Bonchev–Trinajstić information content (AvgIpc) is 2.96. The van der Waals surface area contributed by atoms with Crippen LogP contribution in [-0.4, -0.2) is 57.2 Å². The summed E-state index contributed by atoms with van der Waals surface area (Å²) in [5.74, 6) is -1.09. The summed E-state index contributed by atoms with van der Waals surface area (Å²) in [6, 6.07) is 0. The minimum absolute atomic E-state index is 0.0386. The zero-order chi connectivity index (χ0) is 15.5. The molecule has 0 aromatic carbocycles. The minimum atomic E-state index is -3.65. The van der Waals surface area contributed by atoms with E-state index in [1.165, 1.54) is 7.11 Å². The van der Waals surface area contributed by atoms with Crippen molar-refractivity contribution in [2.45, 2.75) is 43.0 Å². The standard InChI is InChI=1S/C13H23NO6S/c1-19-12(15)10-3-2-4-11(10)21(17,18)14-9-13(16)5-7-20-8-6-13/h10-11,14,16H,2-9H2,1H3. The Bertz CT molecular complexity index is 471. The highest BCUT2D eigenvalue weighted by Gasteiger charge is 2.43. The fourth-order valence-electron chi connectivity index (χ4n) is 2.99. The monoisotopic (exact) mass is 321 g/mol. The lowest BCUT2D eigenvalue weighted by atomic mass is 9.95. The van der Waals surface area contributed by atoms with Gasteiger partial charge in [-0.25, -0.2) is 13.1 Å². The van der Waals surface area contributed by atoms with Crippen molar-refractivity contribution in [2.75, 3.05) is 26.9 Å². The number of aliphatic hydroxyl groups is 1. The van der Waals surface area contributed by atoms with Gasteiger partial charge in [-0.2, -0.15) is 0 Å². The Labute approximate surface area is 125 Å². The van der Waals surface area contributed by atoms with Crippen LogP contribution in [0.5, 0.6) is 0 Å². The summed E-state index contributed by atoms with van der Waals surface area (Å²) in [7, 11) is -2.39. The molecule has 2 atom stereocenters. The molecule has 1 aliphatic carbocycles. The van der Waals surface area contributed by atoms with E-state index in [1.54, 1.807) is 0 Å². The van der Waals surface area contributed by atoms with Crippen molar-refractivity contribution in [3.05, 3.63) is 0 Å². The van der Waals surface area contributed by atoms with Gasteiger partial charge < -0.3 is 14.6 Å². The van der Waals surface area contributed by atoms with Crippen molar-refractivity contribution in [2.24, 2.45) is 5.92 Å². The maximum Gasteiger partial charge on any atom is 0.310 e. The first-order valence-electron chi connectivity index (χ1n) is 7.24. The number of hydrogen-bond acceptors (Lipinski definition) is 6. The van der Waals surface area contributed by atoms with Gasteiger partial charge in [-0.15, -0.1) is 0 Å². The van der Waals surface area contributed by atoms with E-state index < -0.39 is 32.8 Å². The van der Waals surface area contributed by atoms with Crippen molar-refractivity contribution in [3.63, 3.8) is 0 Å². The molecule has 0 aromatic heterocycles. The zero-order valence-electron chi connectivity index (χ0n) is 12.2. The summed E-state index contributed by atoms with van der Waals surface area (Å²) in [4.78, 5) is 11.7. The molecule has 0 bridgehead atoms. The second-order valence-electron chi connectivity index (χ2n) is 5.80. The van der Waals surface area contributed by atoms with E-state index >= 15 is 0 Å². The van der Waals surface area contributed by atoms with Gasteiger partial charge in [0.1, 0.15) is 0 Å². The summed E-state index contributed by atoms with van der Waals surface area (Å²) >= 11 is 0. The molecule has 2 rings (SSSR count). The molecule has 1 saturated heterocycles. The summed E-state index contributed by atoms with van der Waals surface area (Å²) in [6.07, 6.45) is 2.46. The first kappa shape index (κ1) is 16.7. The Morgan fingerprint density at radius 3 is 2.67 bits per heavy atom. The highest BCUT2D eigenvalue weighted by molar-refractivity contribution is 7.90. The first-order chi connectivity index (χ1) is 9.88. The van der Waals surface area contributed by atoms with Gasteiger partial charge in [-0.1, -0.05) is 6.42 Å². The highest BCUT2D eigenvalue weighted by atomic mass is 32.2. The van der Waals surface area contributed by atoms with Crippen LogP contribution < -0.4 is 4.72 Å². The predicted molar refractivity (Wildman–Crippen MR) is 75.1 cm³/mol. The van der Waals surface area contributed by atoms with Crippen LogP contribution in [0.1, 0.15) is 32.1 Å². The van der Waals surface area contributed by atoms with Crippen LogP contribution in [0.15, 0.2) is 0 Å². The maximum atomic E-state index is 12.4. The fourth-order valence-corrected chi connectivity index (χ4v) is 4.83. The number of carbonyl (C=O) groups excluding carboxylic acids is 1. The maximum absolute atomic E-state index is 12.4. The van der Waals surface area contributed by atoms with Crippen LogP contribution in [0.3, 0.4) is 0 Å². The van der Waals surface area contributed by atoms with E-state index in [0.717, 1.165) is 0 Å².